The van der Waals surface area contributed by atoms with Crippen LogP contribution in [-0.2, 0) is 6.61 Å². The van der Waals surface area contributed by atoms with E-state index in [1.54, 1.807) is 7.11 Å². The Labute approximate surface area is 218 Å². The van der Waals surface area contributed by atoms with Crippen LogP contribution in [0.4, 0.5) is 0 Å². The number of hydrogen-bond acceptors (Lipinski definition) is 6. The maximum absolute atomic E-state index is 6.11. The van der Waals surface area contributed by atoms with Crippen molar-refractivity contribution in [3.63, 3.8) is 0 Å². The van der Waals surface area contributed by atoms with Gasteiger partial charge in [0.1, 0.15) is 18.1 Å². The van der Waals surface area contributed by atoms with Crippen LogP contribution in [0.2, 0.25) is 0 Å². The van der Waals surface area contributed by atoms with Gasteiger partial charge < -0.3 is 14.4 Å². The van der Waals surface area contributed by atoms with Crippen LogP contribution in [0, 0.1) is 0 Å². The molecule has 1 aromatic heterocycles. The number of piperazine rings is 1. The third-order valence-corrected chi connectivity index (χ3v) is 8.42. The van der Waals surface area contributed by atoms with E-state index in [1.807, 2.05) is 36.3 Å². The standard InChI is InChI=1S/C30H33N3O2S/c1-34-24-10-13-30-28(20-24)26(27-4-2-14-31-29(27)21-35-30)5-3-15-32-16-18-33(19-17-32)36-25-11-8-23(9-12-25)22-6-7-22/h2,4-5,8-14,20,22H,3,6-7,15-19,21H2,1H3/b26-5+. The largest absolute Gasteiger partial charge is 0.497 e. The Balaban J connectivity index is 1.09. The van der Waals surface area contributed by atoms with Gasteiger partial charge in [0.15, 0.2) is 0 Å². The van der Waals surface area contributed by atoms with Crippen LogP contribution >= 0.6 is 11.9 Å². The second kappa shape index (κ2) is 10.7. The summed E-state index contributed by atoms with van der Waals surface area (Å²) in [4.78, 5) is 8.53. The zero-order valence-corrected chi connectivity index (χ0v) is 21.7. The van der Waals surface area contributed by atoms with Crippen LogP contribution in [0.15, 0.2) is 71.8 Å². The molecule has 3 aliphatic rings. The number of nitrogens with zero attached hydrogens (tertiary/aromatic N) is 3. The molecule has 5 nitrogen and oxygen atoms in total. The molecule has 2 aliphatic heterocycles. The number of hydrogen-bond donors (Lipinski definition) is 0. The summed E-state index contributed by atoms with van der Waals surface area (Å²) in [6.45, 7) is 5.91. The van der Waals surface area contributed by atoms with Crippen molar-refractivity contribution in [2.75, 3.05) is 39.8 Å². The molecular weight excluding hydrogens is 466 g/mol. The third kappa shape index (κ3) is 5.31. The van der Waals surface area contributed by atoms with Crippen LogP contribution in [0.1, 0.15) is 47.6 Å². The van der Waals surface area contributed by atoms with Crippen LogP contribution < -0.4 is 9.47 Å². The van der Waals surface area contributed by atoms with E-state index in [2.05, 4.69) is 56.7 Å². The Bertz CT molecular complexity index is 1230. The molecule has 0 N–H and O–H groups in total. The highest BCUT2D eigenvalue weighted by Gasteiger charge is 2.24. The first kappa shape index (κ1) is 23.6. The summed E-state index contributed by atoms with van der Waals surface area (Å²) in [5, 5.41) is 0. The number of fused-ring (bicyclic) bond motifs is 2. The first-order chi connectivity index (χ1) is 17.8. The van der Waals surface area contributed by atoms with E-state index >= 15 is 0 Å². The van der Waals surface area contributed by atoms with Crippen molar-refractivity contribution in [3.8, 4) is 11.5 Å². The molecule has 0 radical (unpaired) electrons. The van der Waals surface area contributed by atoms with Crippen molar-refractivity contribution in [1.29, 1.82) is 0 Å². The molecule has 0 unspecified atom stereocenters. The lowest BCUT2D eigenvalue weighted by atomic mass is 9.95. The molecule has 1 saturated carbocycles. The van der Waals surface area contributed by atoms with E-state index in [4.69, 9.17) is 9.47 Å². The van der Waals surface area contributed by atoms with Crippen LogP contribution in [-0.4, -0.2) is 54.0 Å². The second-order valence-corrected chi connectivity index (χ2v) is 10.9. The fourth-order valence-electron chi connectivity index (χ4n) is 5.08. The maximum Gasteiger partial charge on any atom is 0.131 e. The Morgan fingerprint density at radius 2 is 1.86 bits per heavy atom. The fourth-order valence-corrected chi connectivity index (χ4v) is 5.99. The summed E-state index contributed by atoms with van der Waals surface area (Å²) in [6, 6.07) is 19.4. The average Bonchev–Trinajstić information content (AvgIpc) is 3.78. The summed E-state index contributed by atoms with van der Waals surface area (Å²) < 4.78 is 14.1. The molecule has 1 aliphatic carbocycles. The Morgan fingerprint density at radius 3 is 2.64 bits per heavy atom. The van der Waals surface area contributed by atoms with Gasteiger partial charge in [0.2, 0.25) is 0 Å². The quantitative estimate of drug-likeness (QED) is 0.371. The van der Waals surface area contributed by atoms with Crippen molar-refractivity contribution < 1.29 is 9.47 Å². The van der Waals surface area contributed by atoms with Crippen molar-refractivity contribution in [3.05, 3.63) is 89.3 Å². The summed E-state index contributed by atoms with van der Waals surface area (Å²) in [5.74, 6) is 2.55. The van der Waals surface area contributed by atoms with E-state index in [1.165, 1.54) is 28.9 Å². The van der Waals surface area contributed by atoms with Gasteiger partial charge in [-0.2, -0.15) is 0 Å². The van der Waals surface area contributed by atoms with Gasteiger partial charge in [0, 0.05) is 54.9 Å². The van der Waals surface area contributed by atoms with E-state index in [-0.39, 0.29) is 0 Å². The highest BCUT2D eigenvalue weighted by atomic mass is 32.2. The monoisotopic (exact) mass is 499 g/mol. The predicted octanol–water partition coefficient (Wildman–Crippen LogP) is 6.01. The SMILES string of the molecule is COc1ccc2c(c1)/C(=C/CCN1CCN(Sc3ccc(C4CC4)cc3)CC1)c1cccnc1CO2. The van der Waals surface area contributed by atoms with Crippen molar-refractivity contribution in [2.24, 2.45) is 0 Å². The minimum atomic E-state index is 0.482. The molecule has 0 atom stereocenters. The van der Waals surface area contributed by atoms with E-state index in [0.717, 1.165) is 73.4 Å². The summed E-state index contributed by atoms with van der Waals surface area (Å²) in [7, 11) is 1.71. The molecule has 3 aromatic rings. The minimum absolute atomic E-state index is 0.482. The topological polar surface area (TPSA) is 37.8 Å². The zero-order chi connectivity index (χ0) is 24.3. The molecule has 6 rings (SSSR count). The Morgan fingerprint density at radius 1 is 1.03 bits per heavy atom. The lowest BCUT2D eigenvalue weighted by Gasteiger charge is -2.33. The van der Waals surface area contributed by atoms with Crippen LogP contribution in [0.25, 0.3) is 5.57 Å². The second-order valence-electron chi connectivity index (χ2n) is 9.76. The average molecular weight is 500 g/mol. The number of rotatable bonds is 7. The molecule has 0 spiro atoms. The molecule has 3 heterocycles. The smallest absolute Gasteiger partial charge is 0.131 e. The van der Waals surface area contributed by atoms with E-state index in [9.17, 15) is 0 Å². The molecule has 2 fully saturated rings. The lowest BCUT2D eigenvalue weighted by Crippen LogP contribution is -2.43. The Kier molecular flexibility index (Phi) is 6.99. The molecule has 0 amide bonds. The first-order valence-corrected chi connectivity index (χ1v) is 13.7. The van der Waals surface area contributed by atoms with Gasteiger partial charge >= 0.3 is 0 Å². The van der Waals surface area contributed by atoms with E-state index < -0.39 is 0 Å². The number of benzene rings is 2. The number of pyridine rings is 1. The lowest BCUT2D eigenvalue weighted by molar-refractivity contribution is 0.199. The fraction of sp³-hybridized carbons (Fsp3) is 0.367. The maximum atomic E-state index is 6.11. The van der Waals surface area contributed by atoms with Crippen LogP contribution in [0.3, 0.4) is 0 Å². The molecule has 2 aromatic carbocycles. The van der Waals surface area contributed by atoms with Gasteiger partial charge in [-0.15, -0.1) is 0 Å². The molecule has 6 heteroatoms. The van der Waals surface area contributed by atoms with Gasteiger partial charge in [0.05, 0.1) is 12.8 Å². The van der Waals surface area contributed by atoms with Gasteiger partial charge in [-0.3, -0.25) is 4.98 Å². The zero-order valence-electron chi connectivity index (χ0n) is 20.9. The molecule has 1 saturated heterocycles. The van der Waals surface area contributed by atoms with Crippen molar-refractivity contribution >= 4 is 17.5 Å². The normalized spacial score (nSPS) is 19.3. The van der Waals surface area contributed by atoms with Gasteiger partial charge in [0.25, 0.3) is 0 Å². The van der Waals surface area contributed by atoms with Crippen molar-refractivity contribution in [1.82, 2.24) is 14.2 Å². The summed E-state index contributed by atoms with van der Waals surface area (Å²) in [6.07, 6.45) is 7.91. The molecule has 36 heavy (non-hydrogen) atoms. The first-order valence-electron chi connectivity index (χ1n) is 13.0. The van der Waals surface area contributed by atoms with Gasteiger partial charge in [-0.25, -0.2) is 4.31 Å². The van der Waals surface area contributed by atoms with Crippen LogP contribution in [0.5, 0.6) is 11.5 Å². The highest BCUT2D eigenvalue weighted by molar-refractivity contribution is 7.97. The van der Waals surface area contributed by atoms with Gasteiger partial charge in [-0.1, -0.05) is 24.3 Å². The number of aromatic nitrogens is 1. The highest BCUT2D eigenvalue weighted by Crippen LogP contribution is 2.41. The van der Waals surface area contributed by atoms with E-state index in [0.29, 0.717) is 6.61 Å². The van der Waals surface area contributed by atoms with Crippen molar-refractivity contribution in [2.45, 2.75) is 36.7 Å². The number of ether oxygens (including phenoxy) is 2. The minimum Gasteiger partial charge on any atom is -0.497 e. The molecule has 186 valence electrons. The predicted molar refractivity (Wildman–Crippen MR) is 146 cm³/mol. The molecule has 0 bridgehead atoms. The third-order valence-electron chi connectivity index (χ3n) is 7.31. The van der Waals surface area contributed by atoms with Gasteiger partial charge in [-0.05, 0) is 84.7 Å². The Hall–Kier alpha value is -2.80. The summed E-state index contributed by atoms with van der Waals surface area (Å²) in [5.41, 5.74) is 5.91. The number of methoxy groups -OCH3 is 1. The molecular formula is C30H33N3O2S. The summed E-state index contributed by atoms with van der Waals surface area (Å²) >= 11 is 1.91.